The second-order valence-corrected chi connectivity index (χ2v) is 6.49. The third kappa shape index (κ3) is 5.11. The van der Waals surface area contributed by atoms with Crippen molar-refractivity contribution in [3.8, 4) is 17.6 Å². The van der Waals surface area contributed by atoms with Gasteiger partial charge in [-0.3, -0.25) is 0 Å². The summed E-state index contributed by atoms with van der Waals surface area (Å²) in [5.74, 6) is -0.322. The summed E-state index contributed by atoms with van der Waals surface area (Å²) in [6.07, 6.45) is 1.72. The summed E-state index contributed by atoms with van der Waals surface area (Å²) in [5.41, 5.74) is 1.94. The summed E-state index contributed by atoms with van der Waals surface area (Å²) in [6.45, 7) is -0.463. The number of halogens is 2. The first-order valence-corrected chi connectivity index (χ1v) is 8.50. The van der Waals surface area contributed by atoms with Crippen molar-refractivity contribution in [3.63, 3.8) is 0 Å². The van der Waals surface area contributed by atoms with E-state index in [2.05, 4.69) is 6.07 Å². The van der Waals surface area contributed by atoms with Crippen molar-refractivity contribution in [3.05, 3.63) is 56.1 Å². The van der Waals surface area contributed by atoms with Crippen LogP contribution in [0.5, 0.6) is 11.5 Å². The summed E-state index contributed by atoms with van der Waals surface area (Å²) in [6, 6.07) is 12.6. The molecule has 2 aromatic carbocycles. The van der Waals surface area contributed by atoms with Gasteiger partial charge in [-0.15, -0.1) is 0 Å². The van der Waals surface area contributed by atoms with Crippen molar-refractivity contribution in [2.24, 2.45) is 0 Å². The minimum Gasteiger partial charge on any atom is -0.493 e. The first kappa shape index (κ1) is 19.1. The van der Waals surface area contributed by atoms with Crippen LogP contribution in [0.25, 0.3) is 11.6 Å². The van der Waals surface area contributed by atoms with Crippen molar-refractivity contribution in [2.45, 2.75) is 0 Å². The van der Waals surface area contributed by atoms with Gasteiger partial charge in [-0.2, -0.15) is 5.26 Å². The number of carboxylic acids is 1. The fourth-order valence-corrected chi connectivity index (χ4v) is 2.98. The maximum absolute atomic E-state index is 10.7. The summed E-state index contributed by atoms with van der Waals surface area (Å²) in [5, 5.41) is 18.8. The van der Waals surface area contributed by atoms with E-state index in [0.29, 0.717) is 25.7 Å². The third-order valence-corrected chi connectivity index (χ3v) is 4.23. The molecule has 0 heterocycles. The van der Waals surface area contributed by atoms with E-state index in [9.17, 15) is 10.1 Å². The van der Waals surface area contributed by atoms with E-state index in [0.717, 1.165) is 11.1 Å². The fourth-order valence-electron chi connectivity index (χ4n) is 2.07. The Bertz CT molecular complexity index is 857. The number of aliphatic carboxylic acids is 1. The van der Waals surface area contributed by atoms with Crippen LogP contribution in [0.2, 0.25) is 5.02 Å². The minimum absolute atomic E-state index is 0.354. The van der Waals surface area contributed by atoms with Crippen molar-refractivity contribution in [1.82, 2.24) is 0 Å². The van der Waals surface area contributed by atoms with E-state index >= 15 is 0 Å². The Morgan fingerprint density at radius 1 is 1.36 bits per heavy atom. The van der Waals surface area contributed by atoms with Crippen molar-refractivity contribution in [1.29, 1.82) is 5.26 Å². The maximum Gasteiger partial charge on any atom is 0.341 e. The zero-order valence-corrected chi connectivity index (χ0v) is 16.0. The predicted octanol–water partition coefficient (Wildman–Crippen LogP) is 4.48. The van der Waals surface area contributed by atoms with Gasteiger partial charge in [-0.25, -0.2) is 4.79 Å². The number of allylic oxidation sites excluding steroid dienone is 1. The molecule has 1 N–H and O–H groups in total. The van der Waals surface area contributed by atoms with Crippen molar-refractivity contribution >= 4 is 51.8 Å². The van der Waals surface area contributed by atoms with Gasteiger partial charge < -0.3 is 14.6 Å². The zero-order valence-electron chi connectivity index (χ0n) is 13.1. The lowest BCUT2D eigenvalue weighted by molar-refractivity contribution is -0.139. The predicted molar refractivity (Wildman–Crippen MR) is 104 cm³/mol. The molecule has 0 aliphatic carbocycles. The number of nitriles is 1. The summed E-state index contributed by atoms with van der Waals surface area (Å²) in [7, 11) is 1.47. The molecule has 0 aliphatic rings. The van der Waals surface area contributed by atoms with E-state index in [1.165, 1.54) is 7.11 Å². The number of methoxy groups -OCH3 is 1. The summed E-state index contributed by atoms with van der Waals surface area (Å²) in [4.78, 5) is 10.7. The van der Waals surface area contributed by atoms with Gasteiger partial charge in [0.05, 0.1) is 22.3 Å². The van der Waals surface area contributed by atoms with E-state index < -0.39 is 12.6 Å². The number of nitrogens with zero attached hydrogens (tertiary/aromatic N) is 1. The molecule has 0 bridgehead atoms. The van der Waals surface area contributed by atoms with Crippen LogP contribution in [-0.4, -0.2) is 24.8 Å². The van der Waals surface area contributed by atoms with Crippen LogP contribution in [0.4, 0.5) is 0 Å². The minimum atomic E-state index is -1.07. The third-order valence-electron chi connectivity index (χ3n) is 3.18. The van der Waals surface area contributed by atoms with Crippen molar-refractivity contribution in [2.75, 3.05) is 13.7 Å². The topological polar surface area (TPSA) is 79.5 Å². The Hall–Kier alpha value is -2.24. The summed E-state index contributed by atoms with van der Waals surface area (Å²) >= 11 is 7.91. The monoisotopic (exact) mass is 469 g/mol. The highest BCUT2D eigenvalue weighted by atomic mass is 127. The first-order chi connectivity index (χ1) is 11.9. The quantitative estimate of drug-likeness (QED) is 0.383. The SMILES string of the molecule is COc1cc(/C=C(/C#N)c2ccc(Cl)cc2)cc(I)c1OCC(=O)O. The maximum atomic E-state index is 10.7. The van der Waals surface area contributed by atoms with Gasteiger partial charge >= 0.3 is 5.97 Å². The van der Waals surface area contributed by atoms with Crippen molar-refractivity contribution < 1.29 is 19.4 Å². The van der Waals surface area contributed by atoms with Crippen LogP contribution >= 0.6 is 34.2 Å². The molecule has 0 saturated heterocycles. The number of carboxylic acid groups (broad SMARTS) is 1. The standard InChI is InChI=1S/C18H13ClINO4/c1-24-16-8-11(7-15(20)18(16)25-10-17(22)23)6-13(9-21)12-2-4-14(19)5-3-12/h2-8H,10H2,1H3,(H,22,23)/b13-6-. The van der Waals surface area contributed by atoms with E-state index in [4.69, 9.17) is 26.2 Å². The lowest BCUT2D eigenvalue weighted by Crippen LogP contribution is -2.11. The fraction of sp³-hybridized carbons (Fsp3) is 0.111. The number of hydrogen-bond acceptors (Lipinski definition) is 4. The zero-order chi connectivity index (χ0) is 18.4. The first-order valence-electron chi connectivity index (χ1n) is 7.04. The molecule has 128 valence electrons. The van der Waals surface area contributed by atoms with Gasteiger partial charge in [0, 0.05) is 5.02 Å². The molecule has 0 saturated carbocycles. The van der Waals surface area contributed by atoms with Gasteiger partial charge in [0.1, 0.15) is 0 Å². The van der Waals surface area contributed by atoms with E-state index in [1.54, 1.807) is 42.5 Å². The number of carbonyl (C=O) groups is 1. The lowest BCUT2D eigenvalue weighted by atomic mass is 10.0. The lowest BCUT2D eigenvalue weighted by Gasteiger charge is -2.12. The molecule has 5 nitrogen and oxygen atoms in total. The highest BCUT2D eigenvalue weighted by Gasteiger charge is 2.13. The Labute approximate surface area is 163 Å². The Morgan fingerprint density at radius 2 is 2.04 bits per heavy atom. The number of ether oxygens (including phenoxy) is 2. The number of hydrogen-bond donors (Lipinski definition) is 1. The molecule has 2 rings (SSSR count). The molecular weight excluding hydrogens is 457 g/mol. The van der Waals surface area contributed by atoms with Gasteiger partial charge in [-0.1, -0.05) is 23.7 Å². The highest BCUT2D eigenvalue weighted by molar-refractivity contribution is 14.1. The molecule has 0 amide bonds. The smallest absolute Gasteiger partial charge is 0.341 e. The average molecular weight is 470 g/mol. The average Bonchev–Trinajstić information content (AvgIpc) is 2.59. The largest absolute Gasteiger partial charge is 0.493 e. The Balaban J connectivity index is 2.41. The van der Waals surface area contributed by atoms with E-state index in [1.807, 2.05) is 22.6 Å². The van der Waals surface area contributed by atoms with Crippen LogP contribution in [0.15, 0.2) is 36.4 Å². The molecule has 2 aromatic rings. The second-order valence-electron chi connectivity index (χ2n) is 4.89. The molecule has 0 atom stereocenters. The summed E-state index contributed by atoms with van der Waals surface area (Å²) < 4.78 is 11.2. The molecule has 0 fully saturated rings. The molecule has 7 heteroatoms. The van der Waals surface area contributed by atoms with Crippen LogP contribution in [0.1, 0.15) is 11.1 Å². The molecular formula is C18H13ClINO4. The second kappa shape index (κ2) is 8.74. The Morgan fingerprint density at radius 3 is 2.60 bits per heavy atom. The van der Waals surface area contributed by atoms with Gasteiger partial charge in [0.15, 0.2) is 18.1 Å². The normalized spacial score (nSPS) is 10.9. The number of rotatable bonds is 6. The van der Waals surface area contributed by atoms with Crippen LogP contribution in [-0.2, 0) is 4.79 Å². The number of benzene rings is 2. The molecule has 0 aliphatic heterocycles. The van der Waals surface area contributed by atoms with Crippen LogP contribution < -0.4 is 9.47 Å². The Kier molecular flexibility index (Phi) is 6.67. The van der Waals surface area contributed by atoms with Crippen LogP contribution in [0, 0.1) is 14.9 Å². The molecule has 0 spiro atoms. The van der Waals surface area contributed by atoms with E-state index in [-0.39, 0.29) is 0 Å². The van der Waals surface area contributed by atoms with Gasteiger partial charge in [-0.05, 0) is 64.1 Å². The van der Waals surface area contributed by atoms with Gasteiger partial charge in [0.2, 0.25) is 0 Å². The van der Waals surface area contributed by atoms with Gasteiger partial charge in [0.25, 0.3) is 0 Å². The molecule has 0 aromatic heterocycles. The highest BCUT2D eigenvalue weighted by Crippen LogP contribution is 2.35. The molecule has 0 unspecified atom stereocenters. The van der Waals surface area contributed by atoms with Crippen LogP contribution in [0.3, 0.4) is 0 Å². The molecule has 25 heavy (non-hydrogen) atoms. The molecule has 0 radical (unpaired) electrons.